The van der Waals surface area contributed by atoms with Gasteiger partial charge in [-0.05, 0) is 30.4 Å². The Morgan fingerprint density at radius 3 is 2.92 bits per heavy atom. The van der Waals surface area contributed by atoms with Crippen LogP contribution in [0.5, 0.6) is 0 Å². The fourth-order valence-electron chi connectivity index (χ4n) is 1.87. The van der Waals surface area contributed by atoms with Crippen LogP contribution in [0.1, 0.15) is 37.3 Å². The molecule has 0 bridgehead atoms. The van der Waals surface area contributed by atoms with Crippen LogP contribution >= 0.6 is 11.5 Å². The molecule has 1 fully saturated rings. The van der Waals surface area contributed by atoms with Crippen molar-refractivity contribution in [1.82, 2.24) is 4.37 Å². The Morgan fingerprint density at radius 1 is 1.42 bits per heavy atom. The molecule has 0 spiro atoms. The van der Waals surface area contributed by atoms with Crippen LogP contribution in [0.2, 0.25) is 0 Å². The van der Waals surface area contributed by atoms with Crippen molar-refractivity contribution in [2.24, 2.45) is 0 Å². The molecule has 0 saturated heterocycles. The third kappa shape index (κ3) is 1.52. The van der Waals surface area contributed by atoms with Crippen LogP contribution in [0.15, 0.2) is 11.4 Å². The molecule has 0 aliphatic heterocycles. The number of aliphatic hydroxyl groups is 1. The maximum absolute atomic E-state index is 9.71. The van der Waals surface area contributed by atoms with Gasteiger partial charge in [-0.15, -0.1) is 0 Å². The minimum absolute atomic E-state index is 0.152. The Balaban J connectivity index is 2.11. The molecule has 1 N–H and O–H groups in total. The summed E-state index contributed by atoms with van der Waals surface area (Å²) in [6, 6.07) is 2.03. The average Bonchev–Trinajstić information content (AvgIpc) is 2.57. The highest BCUT2D eigenvalue weighted by molar-refractivity contribution is 7.03. The van der Waals surface area contributed by atoms with Gasteiger partial charge in [0.2, 0.25) is 0 Å². The zero-order valence-electron chi connectivity index (χ0n) is 6.94. The first kappa shape index (κ1) is 8.20. The summed E-state index contributed by atoms with van der Waals surface area (Å²) in [7, 11) is 0. The molecule has 12 heavy (non-hydrogen) atoms. The molecule has 1 aromatic rings. The monoisotopic (exact) mass is 183 g/mol. The number of hydrogen-bond donors (Lipinski definition) is 1. The third-order valence-corrected chi connectivity index (χ3v) is 3.14. The minimum atomic E-state index is -0.152. The molecule has 66 valence electrons. The van der Waals surface area contributed by atoms with Crippen LogP contribution in [0.4, 0.5) is 0 Å². The maximum atomic E-state index is 9.71. The molecule has 0 aromatic carbocycles. The Labute approximate surface area is 76.4 Å². The second kappa shape index (κ2) is 3.54. The van der Waals surface area contributed by atoms with E-state index in [0.717, 1.165) is 18.5 Å². The summed E-state index contributed by atoms with van der Waals surface area (Å²) < 4.78 is 4.27. The van der Waals surface area contributed by atoms with Crippen molar-refractivity contribution in [2.75, 3.05) is 0 Å². The van der Waals surface area contributed by atoms with Gasteiger partial charge in [0.1, 0.15) is 0 Å². The van der Waals surface area contributed by atoms with Crippen molar-refractivity contribution in [3.63, 3.8) is 0 Å². The molecule has 1 aromatic heterocycles. The van der Waals surface area contributed by atoms with Crippen molar-refractivity contribution in [1.29, 1.82) is 0 Å². The molecule has 2 nitrogen and oxygen atoms in total. The number of rotatable bonds is 1. The van der Waals surface area contributed by atoms with E-state index >= 15 is 0 Å². The second-order valence-corrected chi connectivity index (χ2v) is 4.05. The van der Waals surface area contributed by atoms with Crippen LogP contribution in [0.3, 0.4) is 0 Å². The predicted molar refractivity (Wildman–Crippen MR) is 49.3 cm³/mol. The van der Waals surface area contributed by atoms with Gasteiger partial charge in [0.25, 0.3) is 0 Å². The molecule has 0 amide bonds. The number of aromatic nitrogens is 1. The molecule has 3 heteroatoms. The van der Waals surface area contributed by atoms with Crippen LogP contribution in [0.25, 0.3) is 0 Å². The van der Waals surface area contributed by atoms with Crippen LogP contribution in [0, 0.1) is 0 Å². The van der Waals surface area contributed by atoms with E-state index in [4.69, 9.17) is 0 Å². The molecule has 0 radical (unpaired) electrons. The Kier molecular flexibility index (Phi) is 2.42. The van der Waals surface area contributed by atoms with Crippen molar-refractivity contribution < 1.29 is 5.11 Å². The molecular formula is C9H13NOS. The summed E-state index contributed by atoms with van der Waals surface area (Å²) in [6.45, 7) is 0. The first-order valence-electron chi connectivity index (χ1n) is 4.46. The average molecular weight is 183 g/mol. The van der Waals surface area contributed by atoms with Gasteiger partial charge >= 0.3 is 0 Å². The lowest BCUT2D eigenvalue weighted by atomic mass is 9.84. The van der Waals surface area contributed by atoms with Gasteiger partial charge in [-0.25, -0.2) is 0 Å². The maximum Gasteiger partial charge on any atom is 0.0624 e. The Hall–Kier alpha value is -0.410. The molecule has 1 saturated carbocycles. The van der Waals surface area contributed by atoms with Gasteiger partial charge in [-0.1, -0.05) is 12.8 Å². The summed E-state index contributed by atoms with van der Waals surface area (Å²) in [5, 5.41) is 11.7. The van der Waals surface area contributed by atoms with Crippen molar-refractivity contribution in [3.05, 3.63) is 17.1 Å². The van der Waals surface area contributed by atoms with E-state index < -0.39 is 0 Å². The topological polar surface area (TPSA) is 33.1 Å². The standard InChI is InChI=1S/C9H13NOS/c11-9-4-2-1-3-7(9)8-5-6-12-10-8/h5-7,9,11H,1-4H2/t7-,9+/m0/s1. The Morgan fingerprint density at radius 2 is 2.25 bits per heavy atom. The molecule has 2 atom stereocenters. The largest absolute Gasteiger partial charge is 0.392 e. The van der Waals surface area contributed by atoms with Crippen LogP contribution < -0.4 is 0 Å². The Bertz CT molecular complexity index is 235. The second-order valence-electron chi connectivity index (χ2n) is 3.38. The van der Waals surface area contributed by atoms with Gasteiger partial charge in [-0.2, -0.15) is 4.37 Å². The van der Waals surface area contributed by atoms with E-state index in [9.17, 15) is 5.11 Å². The van der Waals surface area contributed by atoms with Gasteiger partial charge in [0.15, 0.2) is 0 Å². The molecule has 1 heterocycles. The van der Waals surface area contributed by atoms with E-state index in [1.807, 2.05) is 11.4 Å². The van der Waals surface area contributed by atoms with Gasteiger partial charge in [-0.3, -0.25) is 0 Å². The highest BCUT2D eigenvalue weighted by Gasteiger charge is 2.25. The highest BCUT2D eigenvalue weighted by atomic mass is 32.1. The zero-order valence-corrected chi connectivity index (χ0v) is 7.76. The van der Waals surface area contributed by atoms with Crippen molar-refractivity contribution in [3.8, 4) is 0 Å². The lowest BCUT2D eigenvalue weighted by molar-refractivity contribution is 0.105. The van der Waals surface area contributed by atoms with Crippen molar-refractivity contribution >= 4 is 11.5 Å². The summed E-state index contributed by atoms with van der Waals surface area (Å²) >= 11 is 1.47. The number of nitrogens with zero attached hydrogens (tertiary/aromatic N) is 1. The fraction of sp³-hybridized carbons (Fsp3) is 0.667. The summed E-state index contributed by atoms with van der Waals surface area (Å²) in [5.74, 6) is 0.310. The number of aliphatic hydroxyl groups excluding tert-OH is 1. The number of hydrogen-bond acceptors (Lipinski definition) is 3. The van der Waals surface area contributed by atoms with Gasteiger partial charge in [0, 0.05) is 11.3 Å². The first-order valence-corrected chi connectivity index (χ1v) is 5.30. The van der Waals surface area contributed by atoms with Crippen LogP contribution in [-0.4, -0.2) is 15.6 Å². The SMILES string of the molecule is O[C@@H]1CCCC[C@H]1c1ccsn1. The predicted octanol–water partition coefficient (Wildman–Crippen LogP) is 2.16. The lowest BCUT2D eigenvalue weighted by Crippen LogP contribution is -2.22. The van der Waals surface area contributed by atoms with Crippen molar-refractivity contribution in [2.45, 2.75) is 37.7 Å². The molecule has 1 aliphatic rings. The molecule has 0 unspecified atom stereocenters. The third-order valence-electron chi connectivity index (χ3n) is 2.57. The summed E-state index contributed by atoms with van der Waals surface area (Å²) in [6.07, 6.45) is 4.30. The van der Waals surface area contributed by atoms with Gasteiger partial charge in [0.05, 0.1) is 11.8 Å². The quantitative estimate of drug-likeness (QED) is 0.723. The fourth-order valence-corrected chi connectivity index (χ4v) is 2.45. The smallest absolute Gasteiger partial charge is 0.0624 e. The van der Waals surface area contributed by atoms with E-state index in [1.54, 1.807) is 0 Å². The van der Waals surface area contributed by atoms with Crippen LogP contribution in [-0.2, 0) is 0 Å². The molecule has 1 aliphatic carbocycles. The van der Waals surface area contributed by atoms with E-state index in [2.05, 4.69) is 4.37 Å². The lowest BCUT2D eigenvalue weighted by Gasteiger charge is -2.25. The summed E-state index contributed by atoms with van der Waals surface area (Å²) in [4.78, 5) is 0. The van der Waals surface area contributed by atoms with E-state index in [-0.39, 0.29) is 6.10 Å². The normalized spacial score (nSPS) is 30.4. The zero-order chi connectivity index (χ0) is 8.39. The molecule has 2 rings (SSSR count). The highest BCUT2D eigenvalue weighted by Crippen LogP contribution is 2.32. The minimum Gasteiger partial charge on any atom is -0.392 e. The van der Waals surface area contributed by atoms with E-state index in [1.165, 1.54) is 24.4 Å². The van der Waals surface area contributed by atoms with E-state index in [0.29, 0.717) is 5.92 Å². The molecular weight excluding hydrogens is 170 g/mol. The summed E-state index contributed by atoms with van der Waals surface area (Å²) in [5.41, 5.74) is 1.09. The first-order chi connectivity index (χ1) is 5.88. The van der Waals surface area contributed by atoms with Gasteiger partial charge < -0.3 is 5.11 Å².